The molecule has 2 amide bonds. The van der Waals surface area contributed by atoms with Crippen LogP contribution in [-0.2, 0) is 9.53 Å². The van der Waals surface area contributed by atoms with E-state index >= 15 is 0 Å². The van der Waals surface area contributed by atoms with Crippen molar-refractivity contribution in [3.8, 4) is 17.5 Å². The molecule has 2 atom stereocenters. The minimum atomic E-state index is -0.666. The Kier molecular flexibility index (Phi) is 8.12. The van der Waals surface area contributed by atoms with E-state index in [1.807, 2.05) is 36.4 Å². The quantitative estimate of drug-likeness (QED) is 0.290. The van der Waals surface area contributed by atoms with Crippen molar-refractivity contribution >= 4 is 33.6 Å². The zero-order valence-electron chi connectivity index (χ0n) is 24.3. The average molecular weight is 587 g/mol. The number of pyridine rings is 2. The molecule has 2 N–H and O–H groups in total. The first-order valence-corrected chi connectivity index (χ1v) is 14.4. The fourth-order valence-corrected chi connectivity index (χ4v) is 5.38. The van der Waals surface area contributed by atoms with Gasteiger partial charge in [-0.1, -0.05) is 36.1 Å². The van der Waals surface area contributed by atoms with Gasteiger partial charge in [-0.05, 0) is 63.1 Å². The van der Waals surface area contributed by atoms with E-state index in [2.05, 4.69) is 32.4 Å². The third-order valence-electron chi connectivity index (χ3n) is 7.53. The maximum absolute atomic E-state index is 14.2. The van der Waals surface area contributed by atoms with E-state index in [9.17, 15) is 14.4 Å². The van der Waals surface area contributed by atoms with Gasteiger partial charge in [-0.25, -0.2) is 4.98 Å². The number of nitrogens with zero attached hydrogens (tertiary/aromatic N) is 4. The monoisotopic (exact) mass is 586 g/mol. The van der Waals surface area contributed by atoms with Crippen molar-refractivity contribution in [3.05, 3.63) is 106 Å². The molecule has 220 valence electrons. The lowest BCUT2D eigenvalue weighted by Crippen LogP contribution is -2.34. The van der Waals surface area contributed by atoms with E-state index in [0.717, 1.165) is 11.8 Å². The van der Waals surface area contributed by atoms with E-state index in [-0.39, 0.29) is 23.9 Å². The van der Waals surface area contributed by atoms with Crippen LogP contribution in [-0.4, -0.2) is 50.6 Å². The van der Waals surface area contributed by atoms with Crippen LogP contribution in [0.4, 0.5) is 0 Å². The highest BCUT2D eigenvalue weighted by Gasteiger charge is 2.24. The maximum atomic E-state index is 14.2. The first kappa shape index (κ1) is 28.7. The van der Waals surface area contributed by atoms with Crippen molar-refractivity contribution in [3.63, 3.8) is 0 Å². The van der Waals surface area contributed by atoms with E-state index < -0.39 is 12.1 Å². The maximum Gasteiger partial charge on any atom is 0.267 e. The molecule has 10 nitrogen and oxygen atoms in total. The van der Waals surface area contributed by atoms with Gasteiger partial charge in [0.05, 0.1) is 46.0 Å². The molecule has 5 aromatic rings. The lowest BCUT2D eigenvalue weighted by molar-refractivity contribution is -0.129. The van der Waals surface area contributed by atoms with Crippen molar-refractivity contribution in [2.75, 3.05) is 13.2 Å². The van der Waals surface area contributed by atoms with Gasteiger partial charge in [0.15, 0.2) is 0 Å². The van der Waals surface area contributed by atoms with Gasteiger partial charge < -0.3 is 15.4 Å². The van der Waals surface area contributed by atoms with Gasteiger partial charge in [0.2, 0.25) is 5.91 Å². The number of amides is 2. The molecule has 0 saturated carbocycles. The fourth-order valence-electron chi connectivity index (χ4n) is 5.38. The Bertz CT molecular complexity index is 2010. The Morgan fingerprint density at radius 3 is 2.73 bits per heavy atom. The minimum Gasteiger partial charge on any atom is -0.368 e. The molecular weight excluding hydrogens is 556 g/mol. The zero-order chi connectivity index (χ0) is 30.6. The first-order valence-electron chi connectivity index (χ1n) is 14.4. The van der Waals surface area contributed by atoms with Gasteiger partial charge in [0, 0.05) is 30.0 Å². The summed E-state index contributed by atoms with van der Waals surface area (Å²) < 4.78 is 6.92. The van der Waals surface area contributed by atoms with Crippen LogP contribution in [0.2, 0.25) is 0 Å². The molecule has 0 spiro atoms. The number of benzene rings is 2. The van der Waals surface area contributed by atoms with Crippen molar-refractivity contribution in [1.82, 2.24) is 30.2 Å². The predicted molar refractivity (Wildman–Crippen MR) is 166 cm³/mol. The highest BCUT2D eigenvalue weighted by atomic mass is 16.5. The highest BCUT2D eigenvalue weighted by molar-refractivity contribution is 6.06. The molecule has 0 bridgehead atoms. The number of aryl methyl sites for hydroxylation is 1. The van der Waals surface area contributed by atoms with Crippen molar-refractivity contribution < 1.29 is 14.3 Å². The first-order chi connectivity index (χ1) is 21.4. The average Bonchev–Trinajstić information content (AvgIpc) is 3.58. The topological polar surface area (TPSA) is 128 Å². The fraction of sp³-hybridized carbons (Fsp3) is 0.235. The second-order valence-electron chi connectivity index (χ2n) is 10.5. The number of carbonyl (C=O) groups excluding carboxylic acids is 2. The summed E-state index contributed by atoms with van der Waals surface area (Å²) in [4.78, 5) is 53.8. The second kappa shape index (κ2) is 12.5. The van der Waals surface area contributed by atoms with E-state index in [1.165, 1.54) is 4.57 Å². The summed E-state index contributed by atoms with van der Waals surface area (Å²) in [5.41, 5.74) is 2.67. The molecule has 1 aliphatic heterocycles. The molecule has 1 aliphatic rings. The number of aromatic nitrogens is 4. The summed E-state index contributed by atoms with van der Waals surface area (Å²) in [7, 11) is 0. The smallest absolute Gasteiger partial charge is 0.267 e. The molecule has 1 saturated heterocycles. The van der Waals surface area contributed by atoms with Crippen LogP contribution in [0.1, 0.15) is 53.2 Å². The Labute approximate surface area is 253 Å². The molecule has 1 fully saturated rings. The van der Waals surface area contributed by atoms with Gasteiger partial charge in [0.1, 0.15) is 11.9 Å². The van der Waals surface area contributed by atoms with Crippen LogP contribution >= 0.6 is 0 Å². The van der Waals surface area contributed by atoms with Gasteiger partial charge in [-0.15, -0.1) is 0 Å². The lowest BCUT2D eigenvalue weighted by Gasteiger charge is -2.20. The third-order valence-corrected chi connectivity index (χ3v) is 7.53. The number of carbonyl (C=O) groups is 2. The predicted octanol–water partition coefficient (Wildman–Crippen LogP) is 3.78. The zero-order valence-corrected chi connectivity index (χ0v) is 24.3. The standard InChI is InChI=1S/C34H30N6O4/c1-21-28(30-24(20-37-21)12-8-17-35-30)33(42)38-22(2)31-39-26-15-6-10-23(11-7-18-36-32(41)27-16-9-19-44-27)29(26)34(43)40(31)25-13-4-3-5-14-25/h3-6,8,10,12-15,17,20,22,27H,9,16,18-19H2,1-2H3,(H,36,41)(H,38,42)/t22-,27+/m0/s1. The number of ether oxygens (including phenoxy) is 1. The Morgan fingerprint density at radius 2 is 1.93 bits per heavy atom. The van der Waals surface area contributed by atoms with Gasteiger partial charge in [-0.3, -0.25) is 28.9 Å². The molecule has 2 aromatic carbocycles. The number of rotatable bonds is 6. The summed E-state index contributed by atoms with van der Waals surface area (Å²) in [6, 6.07) is 17.4. The van der Waals surface area contributed by atoms with Gasteiger partial charge in [-0.2, -0.15) is 0 Å². The van der Waals surface area contributed by atoms with Gasteiger partial charge in [0.25, 0.3) is 11.5 Å². The molecule has 3 aromatic heterocycles. The molecule has 0 aliphatic carbocycles. The summed E-state index contributed by atoms with van der Waals surface area (Å²) in [6.45, 7) is 4.25. The van der Waals surface area contributed by atoms with E-state index in [0.29, 0.717) is 57.8 Å². The summed E-state index contributed by atoms with van der Waals surface area (Å²) in [6.07, 6.45) is 4.45. The molecule has 6 rings (SSSR count). The van der Waals surface area contributed by atoms with Crippen LogP contribution < -0.4 is 16.2 Å². The third kappa shape index (κ3) is 5.65. The van der Waals surface area contributed by atoms with E-state index in [1.54, 1.807) is 50.5 Å². The van der Waals surface area contributed by atoms with Crippen molar-refractivity contribution in [2.45, 2.75) is 38.8 Å². The lowest BCUT2D eigenvalue weighted by atomic mass is 10.1. The largest absolute Gasteiger partial charge is 0.368 e. The van der Waals surface area contributed by atoms with Crippen molar-refractivity contribution in [1.29, 1.82) is 0 Å². The number of para-hydroxylation sites is 1. The second-order valence-corrected chi connectivity index (χ2v) is 10.5. The summed E-state index contributed by atoms with van der Waals surface area (Å²) >= 11 is 0. The van der Waals surface area contributed by atoms with E-state index in [4.69, 9.17) is 9.72 Å². The molecule has 44 heavy (non-hydrogen) atoms. The Morgan fingerprint density at radius 1 is 1.09 bits per heavy atom. The molecular formula is C34H30N6O4. The number of hydrogen-bond donors (Lipinski definition) is 2. The Hall–Kier alpha value is -5.40. The molecule has 0 radical (unpaired) electrons. The van der Waals surface area contributed by atoms with Crippen LogP contribution in [0, 0.1) is 18.8 Å². The molecule has 10 heteroatoms. The number of fused-ring (bicyclic) bond motifs is 2. The normalized spacial score (nSPS) is 15.0. The minimum absolute atomic E-state index is 0.119. The summed E-state index contributed by atoms with van der Waals surface area (Å²) in [5.74, 6) is 5.79. The van der Waals surface area contributed by atoms with Gasteiger partial charge >= 0.3 is 0 Å². The van der Waals surface area contributed by atoms with Crippen LogP contribution in [0.5, 0.6) is 0 Å². The molecule has 0 unspecified atom stereocenters. The number of nitrogens with one attached hydrogen (secondary N) is 2. The summed E-state index contributed by atoms with van der Waals surface area (Å²) in [5, 5.41) is 6.89. The number of hydrogen-bond acceptors (Lipinski definition) is 7. The van der Waals surface area contributed by atoms with Crippen LogP contribution in [0.25, 0.3) is 27.5 Å². The van der Waals surface area contributed by atoms with Crippen LogP contribution in [0.3, 0.4) is 0 Å². The SMILES string of the molecule is Cc1ncc2cccnc2c1C(=O)N[C@@H](C)c1nc2cccc(C#CCNC(=O)[C@H]3CCCO3)c2c(=O)n1-c1ccccc1. The van der Waals surface area contributed by atoms with Crippen LogP contribution in [0.15, 0.2) is 77.9 Å². The molecule has 4 heterocycles. The van der Waals surface area contributed by atoms with Crippen molar-refractivity contribution in [2.24, 2.45) is 0 Å². The Balaban J connectivity index is 1.37. The highest BCUT2D eigenvalue weighted by Crippen LogP contribution is 2.22.